The average Bonchev–Trinajstić information content (AvgIpc) is 2.62. The highest BCUT2D eigenvalue weighted by Crippen LogP contribution is 2.30. The molecule has 0 bridgehead atoms. The van der Waals surface area contributed by atoms with Crippen LogP contribution in [0.5, 0.6) is 0 Å². The number of anilines is 2. The summed E-state index contributed by atoms with van der Waals surface area (Å²) in [6, 6.07) is 11.4. The summed E-state index contributed by atoms with van der Waals surface area (Å²) in [5.41, 5.74) is 1.53. The largest absolute Gasteiger partial charge is 0.367 e. The van der Waals surface area contributed by atoms with Gasteiger partial charge < -0.3 is 15.1 Å². The molecule has 3 rings (SSSR count). The number of benzene rings is 2. The first kappa shape index (κ1) is 17.7. The predicted molar refractivity (Wildman–Crippen MR) is 100 cm³/mol. The van der Waals surface area contributed by atoms with Gasteiger partial charge in [-0.05, 0) is 36.9 Å². The number of piperazine rings is 1. The van der Waals surface area contributed by atoms with Crippen molar-refractivity contribution < 1.29 is 9.18 Å². The van der Waals surface area contributed by atoms with Crippen LogP contribution in [0.3, 0.4) is 0 Å². The summed E-state index contributed by atoms with van der Waals surface area (Å²) in [5, 5.41) is 3.34. The van der Waals surface area contributed by atoms with E-state index in [4.69, 9.17) is 11.6 Å². The second-order valence-electron chi connectivity index (χ2n) is 6.02. The Morgan fingerprint density at radius 3 is 2.56 bits per heavy atom. The van der Waals surface area contributed by atoms with E-state index in [-0.39, 0.29) is 5.56 Å². The summed E-state index contributed by atoms with van der Waals surface area (Å²) in [4.78, 5) is 17.1. The first-order valence-corrected chi connectivity index (χ1v) is 8.79. The summed E-state index contributed by atoms with van der Waals surface area (Å²) < 4.78 is 13.9. The van der Waals surface area contributed by atoms with Crippen molar-refractivity contribution in [2.24, 2.45) is 0 Å². The maximum absolute atomic E-state index is 13.9. The molecule has 0 aromatic heterocycles. The number of halogens is 2. The summed E-state index contributed by atoms with van der Waals surface area (Å²) in [5.74, 6) is -1.02. The molecule has 0 atom stereocenters. The molecule has 1 aliphatic heterocycles. The van der Waals surface area contributed by atoms with E-state index in [1.165, 1.54) is 12.1 Å². The van der Waals surface area contributed by atoms with Gasteiger partial charge in [0.2, 0.25) is 0 Å². The molecule has 1 aliphatic rings. The highest BCUT2D eigenvalue weighted by atomic mass is 35.5. The Labute approximate surface area is 152 Å². The lowest BCUT2D eigenvalue weighted by Gasteiger charge is -2.36. The Morgan fingerprint density at radius 2 is 1.88 bits per heavy atom. The topological polar surface area (TPSA) is 35.6 Å². The van der Waals surface area contributed by atoms with Crippen LogP contribution in [0.15, 0.2) is 42.5 Å². The van der Waals surface area contributed by atoms with Crippen molar-refractivity contribution in [3.63, 3.8) is 0 Å². The molecule has 25 heavy (non-hydrogen) atoms. The first-order valence-electron chi connectivity index (χ1n) is 8.41. The van der Waals surface area contributed by atoms with Crippen molar-refractivity contribution in [3.8, 4) is 0 Å². The Kier molecular flexibility index (Phi) is 5.56. The Morgan fingerprint density at radius 1 is 1.16 bits per heavy atom. The zero-order chi connectivity index (χ0) is 17.8. The molecule has 6 heteroatoms. The van der Waals surface area contributed by atoms with Crippen molar-refractivity contribution in [2.75, 3.05) is 42.9 Å². The van der Waals surface area contributed by atoms with Crippen molar-refractivity contribution in [1.29, 1.82) is 0 Å². The van der Waals surface area contributed by atoms with Gasteiger partial charge in [0.05, 0.1) is 16.9 Å². The van der Waals surface area contributed by atoms with Gasteiger partial charge in [-0.25, -0.2) is 4.39 Å². The lowest BCUT2D eigenvalue weighted by atomic mass is 10.1. The van der Waals surface area contributed by atoms with Gasteiger partial charge in [0.25, 0.3) is 5.91 Å². The molecule has 0 radical (unpaired) electrons. The molecule has 2 aromatic rings. The molecule has 2 aromatic carbocycles. The molecule has 1 saturated heterocycles. The molecule has 0 spiro atoms. The lowest BCUT2D eigenvalue weighted by Crippen LogP contribution is -2.46. The Balaban J connectivity index is 1.83. The van der Waals surface area contributed by atoms with Crippen LogP contribution in [0.2, 0.25) is 5.02 Å². The van der Waals surface area contributed by atoms with E-state index in [0.717, 1.165) is 38.4 Å². The molecule has 0 aliphatic carbocycles. The number of rotatable bonds is 4. The van der Waals surface area contributed by atoms with Crippen LogP contribution in [0.25, 0.3) is 0 Å². The van der Waals surface area contributed by atoms with Crippen molar-refractivity contribution in [3.05, 3.63) is 58.9 Å². The third kappa shape index (κ3) is 4.11. The third-order valence-corrected chi connectivity index (χ3v) is 4.72. The number of carbonyl (C=O) groups is 1. The van der Waals surface area contributed by atoms with Crippen LogP contribution in [0.1, 0.15) is 17.3 Å². The quantitative estimate of drug-likeness (QED) is 0.897. The maximum atomic E-state index is 13.9. The third-order valence-electron chi connectivity index (χ3n) is 4.49. The number of nitrogens with zero attached hydrogens (tertiary/aromatic N) is 2. The first-order chi connectivity index (χ1) is 12.1. The van der Waals surface area contributed by atoms with Crippen LogP contribution < -0.4 is 10.2 Å². The fourth-order valence-corrected chi connectivity index (χ4v) is 3.20. The molecule has 1 amide bonds. The van der Waals surface area contributed by atoms with Gasteiger partial charge in [0.1, 0.15) is 5.82 Å². The van der Waals surface area contributed by atoms with Gasteiger partial charge in [-0.2, -0.15) is 0 Å². The van der Waals surface area contributed by atoms with Crippen LogP contribution in [-0.2, 0) is 0 Å². The number of nitrogens with one attached hydrogen (secondary N) is 1. The summed E-state index contributed by atoms with van der Waals surface area (Å²) >= 11 is 6.11. The molecular weight excluding hydrogens is 341 g/mol. The molecular formula is C19H21ClFN3O. The SMILES string of the molecule is CCN1CCN(c2ccc(Cl)cc2NC(=O)c2ccccc2F)CC1. The summed E-state index contributed by atoms with van der Waals surface area (Å²) in [6.45, 7) is 6.87. The molecule has 4 nitrogen and oxygen atoms in total. The van der Waals surface area contributed by atoms with E-state index in [1.807, 2.05) is 12.1 Å². The van der Waals surface area contributed by atoms with E-state index in [1.54, 1.807) is 18.2 Å². The summed E-state index contributed by atoms with van der Waals surface area (Å²) in [6.07, 6.45) is 0. The van der Waals surface area contributed by atoms with Gasteiger partial charge in [-0.15, -0.1) is 0 Å². The van der Waals surface area contributed by atoms with Crippen LogP contribution in [0, 0.1) is 5.82 Å². The second kappa shape index (κ2) is 7.85. The lowest BCUT2D eigenvalue weighted by molar-refractivity contribution is 0.102. The molecule has 1 fully saturated rings. The monoisotopic (exact) mass is 361 g/mol. The second-order valence-corrected chi connectivity index (χ2v) is 6.45. The van der Waals surface area contributed by atoms with Crippen LogP contribution in [0.4, 0.5) is 15.8 Å². The number of carbonyl (C=O) groups excluding carboxylic acids is 1. The average molecular weight is 362 g/mol. The predicted octanol–water partition coefficient (Wildman–Crippen LogP) is 3.87. The summed E-state index contributed by atoms with van der Waals surface area (Å²) in [7, 11) is 0. The van der Waals surface area contributed by atoms with E-state index < -0.39 is 11.7 Å². The normalized spacial score (nSPS) is 15.2. The highest BCUT2D eigenvalue weighted by molar-refractivity contribution is 6.31. The molecule has 1 N–H and O–H groups in total. The molecule has 132 valence electrons. The highest BCUT2D eigenvalue weighted by Gasteiger charge is 2.20. The number of amides is 1. The van der Waals surface area contributed by atoms with E-state index in [9.17, 15) is 9.18 Å². The minimum atomic E-state index is -0.542. The number of hydrogen-bond donors (Lipinski definition) is 1. The zero-order valence-electron chi connectivity index (χ0n) is 14.1. The van der Waals surface area contributed by atoms with E-state index >= 15 is 0 Å². The van der Waals surface area contributed by atoms with Crippen molar-refractivity contribution in [1.82, 2.24) is 4.90 Å². The van der Waals surface area contributed by atoms with Gasteiger partial charge in [-0.3, -0.25) is 4.79 Å². The fourth-order valence-electron chi connectivity index (χ4n) is 3.02. The minimum absolute atomic E-state index is 0.0178. The van der Waals surface area contributed by atoms with Gasteiger partial charge in [-0.1, -0.05) is 30.7 Å². The van der Waals surface area contributed by atoms with Gasteiger partial charge in [0, 0.05) is 31.2 Å². The zero-order valence-corrected chi connectivity index (χ0v) is 14.9. The molecule has 0 unspecified atom stereocenters. The standard InChI is InChI=1S/C19H21ClFN3O/c1-2-23-9-11-24(12-10-23)18-8-7-14(20)13-17(18)22-19(25)15-5-3-4-6-16(15)21/h3-8,13H,2,9-12H2,1H3,(H,22,25). The number of likely N-dealkylation sites (N-methyl/N-ethyl adjacent to an activating group) is 1. The number of hydrogen-bond acceptors (Lipinski definition) is 3. The Bertz CT molecular complexity index is 760. The maximum Gasteiger partial charge on any atom is 0.258 e. The van der Waals surface area contributed by atoms with Crippen molar-refractivity contribution in [2.45, 2.75) is 6.92 Å². The minimum Gasteiger partial charge on any atom is -0.367 e. The molecule has 0 saturated carbocycles. The van der Waals surface area contributed by atoms with E-state index in [2.05, 4.69) is 22.0 Å². The van der Waals surface area contributed by atoms with Crippen LogP contribution in [-0.4, -0.2) is 43.5 Å². The van der Waals surface area contributed by atoms with Gasteiger partial charge in [0.15, 0.2) is 0 Å². The smallest absolute Gasteiger partial charge is 0.258 e. The van der Waals surface area contributed by atoms with Crippen LogP contribution >= 0.6 is 11.6 Å². The van der Waals surface area contributed by atoms with Gasteiger partial charge >= 0.3 is 0 Å². The van der Waals surface area contributed by atoms with Crippen molar-refractivity contribution >= 4 is 28.9 Å². The Hall–Kier alpha value is -2.11. The van der Waals surface area contributed by atoms with E-state index in [0.29, 0.717) is 10.7 Å². The molecule has 1 heterocycles. The fraction of sp³-hybridized carbons (Fsp3) is 0.316.